The number of rotatable bonds is 5. The van der Waals surface area contributed by atoms with Crippen molar-refractivity contribution in [3.63, 3.8) is 0 Å². The summed E-state index contributed by atoms with van der Waals surface area (Å²) in [5.41, 5.74) is 1.82. The van der Waals surface area contributed by atoms with Gasteiger partial charge < -0.3 is 14.8 Å². The lowest BCUT2D eigenvalue weighted by Crippen LogP contribution is -2.14. The van der Waals surface area contributed by atoms with Crippen LogP contribution in [0.15, 0.2) is 29.6 Å². The Kier molecular flexibility index (Phi) is 5.41. The number of alkyl halides is 1. The van der Waals surface area contributed by atoms with Crippen LogP contribution >= 0.6 is 22.9 Å². The van der Waals surface area contributed by atoms with Gasteiger partial charge in [0.1, 0.15) is 22.2 Å². The summed E-state index contributed by atoms with van der Waals surface area (Å²) in [4.78, 5) is 23.5. The number of hydrogen-bond acceptors (Lipinski definition) is 5. The maximum atomic E-state index is 12.1. The average molecular weight is 340 g/mol. The van der Waals surface area contributed by atoms with Crippen LogP contribution in [0.4, 0.5) is 5.00 Å². The van der Waals surface area contributed by atoms with Gasteiger partial charge in [0, 0.05) is 10.9 Å². The van der Waals surface area contributed by atoms with Gasteiger partial charge in [-0.2, -0.15) is 0 Å². The molecule has 0 aliphatic heterocycles. The molecule has 1 heterocycles. The molecule has 22 heavy (non-hydrogen) atoms. The van der Waals surface area contributed by atoms with E-state index in [0.29, 0.717) is 21.9 Å². The van der Waals surface area contributed by atoms with Gasteiger partial charge in [-0.25, -0.2) is 4.79 Å². The van der Waals surface area contributed by atoms with Crippen LogP contribution in [-0.2, 0) is 9.53 Å². The maximum Gasteiger partial charge on any atom is 0.341 e. The van der Waals surface area contributed by atoms with Crippen LogP contribution in [0.3, 0.4) is 0 Å². The highest BCUT2D eigenvalue weighted by molar-refractivity contribution is 7.15. The number of methoxy groups -OCH3 is 2. The number of anilines is 1. The Morgan fingerprint density at radius 1 is 1.23 bits per heavy atom. The molecule has 0 bridgehead atoms. The number of ether oxygens (including phenoxy) is 2. The van der Waals surface area contributed by atoms with Crippen LogP contribution in [0, 0.1) is 0 Å². The average Bonchev–Trinajstić information content (AvgIpc) is 2.97. The van der Waals surface area contributed by atoms with Gasteiger partial charge in [-0.1, -0.05) is 12.1 Å². The van der Waals surface area contributed by atoms with E-state index >= 15 is 0 Å². The zero-order chi connectivity index (χ0) is 16.1. The first-order valence-electron chi connectivity index (χ1n) is 6.30. The van der Waals surface area contributed by atoms with E-state index in [0.717, 1.165) is 5.56 Å². The van der Waals surface area contributed by atoms with Crippen molar-refractivity contribution in [2.75, 3.05) is 25.4 Å². The Labute approximate surface area is 136 Å². The quantitative estimate of drug-likeness (QED) is 0.670. The van der Waals surface area contributed by atoms with Gasteiger partial charge in [-0.3, -0.25) is 4.79 Å². The highest BCUT2D eigenvalue weighted by Gasteiger charge is 2.22. The van der Waals surface area contributed by atoms with Gasteiger partial charge >= 0.3 is 5.97 Å². The molecule has 1 aromatic carbocycles. The minimum atomic E-state index is -0.517. The van der Waals surface area contributed by atoms with Crippen LogP contribution in [0.5, 0.6) is 5.75 Å². The van der Waals surface area contributed by atoms with Crippen LogP contribution in [0.25, 0.3) is 11.1 Å². The van der Waals surface area contributed by atoms with Gasteiger partial charge in [0.05, 0.1) is 14.2 Å². The van der Waals surface area contributed by atoms with Gasteiger partial charge in [-0.05, 0) is 17.7 Å². The minimum Gasteiger partial charge on any atom is -0.497 e. The maximum absolute atomic E-state index is 12.1. The molecule has 0 saturated carbocycles. The second-order valence-corrected chi connectivity index (χ2v) is 5.40. The Balaban J connectivity index is 2.45. The second-order valence-electron chi connectivity index (χ2n) is 4.26. The third-order valence-electron chi connectivity index (χ3n) is 2.96. The minimum absolute atomic E-state index is 0.184. The molecule has 1 N–H and O–H groups in total. The molecule has 0 fully saturated rings. The van der Waals surface area contributed by atoms with E-state index < -0.39 is 5.97 Å². The summed E-state index contributed by atoms with van der Waals surface area (Å²) in [6.45, 7) is 0. The number of nitrogens with one attached hydrogen (secondary N) is 1. The van der Waals surface area contributed by atoms with Crippen molar-refractivity contribution < 1.29 is 19.1 Å². The molecule has 0 aliphatic carbocycles. The highest BCUT2D eigenvalue weighted by atomic mass is 35.5. The summed E-state index contributed by atoms with van der Waals surface area (Å²) in [6.07, 6.45) is 0. The van der Waals surface area contributed by atoms with E-state index in [9.17, 15) is 9.59 Å². The summed E-state index contributed by atoms with van der Waals surface area (Å²) >= 11 is 6.73. The molecule has 0 unspecified atom stereocenters. The van der Waals surface area contributed by atoms with E-state index in [1.165, 1.54) is 18.4 Å². The monoisotopic (exact) mass is 339 g/mol. The number of amides is 1. The number of esters is 1. The van der Waals surface area contributed by atoms with E-state index in [-0.39, 0.29) is 11.8 Å². The number of carbonyl (C=O) groups excluding carboxylic acids is 2. The lowest BCUT2D eigenvalue weighted by molar-refractivity contribution is -0.113. The largest absolute Gasteiger partial charge is 0.497 e. The number of halogens is 1. The molecule has 0 atom stereocenters. The van der Waals surface area contributed by atoms with Crippen molar-refractivity contribution in [2.24, 2.45) is 0 Å². The lowest BCUT2D eigenvalue weighted by atomic mass is 10.0. The first kappa shape index (κ1) is 16.3. The summed E-state index contributed by atoms with van der Waals surface area (Å²) in [5, 5.41) is 4.82. The summed E-state index contributed by atoms with van der Waals surface area (Å²) in [6, 6.07) is 7.26. The third-order valence-corrected chi connectivity index (χ3v) is 4.09. The second kappa shape index (κ2) is 7.29. The van der Waals surface area contributed by atoms with E-state index in [2.05, 4.69) is 5.32 Å². The Bertz CT molecular complexity index is 681. The number of hydrogen-bond donors (Lipinski definition) is 1. The Morgan fingerprint density at radius 2 is 1.91 bits per heavy atom. The fourth-order valence-corrected chi connectivity index (χ4v) is 2.94. The standard InChI is InChI=1S/C15H14ClNO4S/c1-20-10-5-3-9(4-6-10)11-8-22-14(17-12(18)7-16)13(11)15(19)21-2/h3-6,8H,7H2,1-2H3,(H,17,18). The van der Waals surface area contributed by atoms with Crippen molar-refractivity contribution in [1.82, 2.24) is 0 Å². The number of benzene rings is 1. The zero-order valence-electron chi connectivity index (χ0n) is 12.0. The van der Waals surface area contributed by atoms with Gasteiger partial charge in [0.2, 0.25) is 5.91 Å². The molecule has 2 rings (SSSR count). The molecule has 7 heteroatoms. The summed E-state index contributed by atoms with van der Waals surface area (Å²) in [5.74, 6) is -0.364. The van der Waals surface area contributed by atoms with E-state index in [1.54, 1.807) is 24.6 Å². The van der Waals surface area contributed by atoms with Crippen LogP contribution < -0.4 is 10.1 Å². The topological polar surface area (TPSA) is 64.6 Å². The van der Waals surface area contributed by atoms with E-state index in [4.69, 9.17) is 21.1 Å². The summed E-state index contributed by atoms with van der Waals surface area (Å²) < 4.78 is 9.93. The smallest absolute Gasteiger partial charge is 0.341 e. The van der Waals surface area contributed by atoms with Crippen molar-refractivity contribution in [3.8, 4) is 16.9 Å². The Morgan fingerprint density at radius 3 is 2.45 bits per heavy atom. The molecule has 0 aliphatic rings. The highest BCUT2D eigenvalue weighted by Crippen LogP contribution is 2.36. The molecule has 116 valence electrons. The third kappa shape index (κ3) is 3.40. The SMILES string of the molecule is COC(=O)c1c(-c2ccc(OC)cc2)csc1NC(=O)CCl. The molecule has 2 aromatic rings. The van der Waals surface area contributed by atoms with Gasteiger partial charge in [0.15, 0.2) is 0 Å². The normalized spacial score (nSPS) is 10.1. The first-order chi connectivity index (χ1) is 10.6. The van der Waals surface area contributed by atoms with Gasteiger partial charge in [-0.15, -0.1) is 22.9 Å². The van der Waals surface area contributed by atoms with Crippen molar-refractivity contribution in [3.05, 3.63) is 35.2 Å². The molecule has 0 saturated heterocycles. The molecular weight excluding hydrogens is 326 g/mol. The molecule has 0 spiro atoms. The van der Waals surface area contributed by atoms with Crippen molar-refractivity contribution in [1.29, 1.82) is 0 Å². The fourth-order valence-electron chi connectivity index (χ4n) is 1.90. The van der Waals surface area contributed by atoms with Gasteiger partial charge in [0.25, 0.3) is 0 Å². The number of carbonyl (C=O) groups is 2. The molecule has 1 amide bonds. The predicted molar refractivity (Wildman–Crippen MR) is 87.0 cm³/mol. The van der Waals surface area contributed by atoms with Crippen molar-refractivity contribution >= 4 is 39.8 Å². The molecule has 0 radical (unpaired) electrons. The van der Waals surface area contributed by atoms with E-state index in [1.807, 2.05) is 12.1 Å². The first-order valence-corrected chi connectivity index (χ1v) is 7.72. The fraction of sp³-hybridized carbons (Fsp3) is 0.200. The van der Waals surface area contributed by atoms with Crippen LogP contribution in [-0.4, -0.2) is 32.0 Å². The molecular formula is C15H14ClNO4S. The Hall–Kier alpha value is -2.05. The van der Waals surface area contributed by atoms with Crippen molar-refractivity contribution in [2.45, 2.75) is 0 Å². The molecule has 5 nitrogen and oxygen atoms in total. The van der Waals surface area contributed by atoms with Crippen LogP contribution in [0.1, 0.15) is 10.4 Å². The number of thiophene rings is 1. The molecule has 1 aromatic heterocycles. The lowest BCUT2D eigenvalue weighted by Gasteiger charge is -2.07. The zero-order valence-corrected chi connectivity index (χ0v) is 13.6. The van der Waals surface area contributed by atoms with Crippen LogP contribution in [0.2, 0.25) is 0 Å². The predicted octanol–water partition coefficient (Wildman–Crippen LogP) is 3.39. The summed E-state index contributed by atoms with van der Waals surface area (Å²) in [7, 11) is 2.88.